The Morgan fingerprint density at radius 1 is 0.971 bits per heavy atom. The first kappa shape index (κ1) is 23.9. The molecule has 4 nitrogen and oxygen atoms in total. The van der Waals surface area contributed by atoms with Gasteiger partial charge in [-0.15, -0.1) is 0 Å². The standard InChI is InChI=1S/C29H29Cl2N3O/c30-26-11-10-21(16-27(26)31)24(25-18-32-28-9-5-4-8-23(25)28)17-29(35)33-22-12-14-34(15-13-22)19-20-6-2-1-3-7-20/h1-11,16,18,22,24,32H,12-15,17,19H2,(H,33,35)/t24-/m1/s1. The number of nitrogens with zero attached hydrogens (tertiary/aromatic N) is 1. The Kier molecular flexibility index (Phi) is 7.43. The van der Waals surface area contributed by atoms with Gasteiger partial charge in [-0.2, -0.15) is 0 Å². The molecule has 2 N–H and O–H groups in total. The van der Waals surface area contributed by atoms with Gasteiger partial charge in [0.05, 0.1) is 10.0 Å². The highest BCUT2D eigenvalue weighted by Crippen LogP contribution is 2.36. The number of fused-ring (bicyclic) bond motifs is 1. The molecular weight excluding hydrogens is 477 g/mol. The van der Waals surface area contributed by atoms with Crippen LogP contribution in [0.2, 0.25) is 10.0 Å². The van der Waals surface area contributed by atoms with Gasteiger partial charge in [-0.1, -0.05) is 77.8 Å². The van der Waals surface area contributed by atoms with Crippen LogP contribution in [0.4, 0.5) is 0 Å². The fourth-order valence-corrected chi connectivity index (χ4v) is 5.37. The molecule has 0 aliphatic carbocycles. The lowest BCUT2D eigenvalue weighted by molar-refractivity contribution is -0.122. The van der Waals surface area contributed by atoms with Gasteiger partial charge >= 0.3 is 0 Å². The van der Waals surface area contributed by atoms with Crippen LogP contribution in [0.1, 0.15) is 41.9 Å². The molecule has 4 aromatic rings. The lowest BCUT2D eigenvalue weighted by atomic mass is 9.87. The molecule has 1 amide bonds. The summed E-state index contributed by atoms with van der Waals surface area (Å²) in [6.07, 6.45) is 4.28. The number of H-pyrrole nitrogens is 1. The van der Waals surface area contributed by atoms with E-state index in [1.807, 2.05) is 42.6 Å². The number of nitrogens with one attached hydrogen (secondary N) is 2. The van der Waals surface area contributed by atoms with Crippen molar-refractivity contribution in [3.05, 3.63) is 106 Å². The maximum Gasteiger partial charge on any atom is 0.221 e. The van der Waals surface area contributed by atoms with E-state index in [2.05, 4.69) is 45.5 Å². The summed E-state index contributed by atoms with van der Waals surface area (Å²) in [7, 11) is 0. The first-order valence-electron chi connectivity index (χ1n) is 12.1. The molecule has 1 fully saturated rings. The third-order valence-corrected chi connectivity index (χ3v) is 7.67. The van der Waals surface area contributed by atoms with E-state index in [9.17, 15) is 4.79 Å². The molecular formula is C29H29Cl2N3O. The fourth-order valence-electron chi connectivity index (χ4n) is 5.07. The van der Waals surface area contributed by atoms with E-state index in [1.165, 1.54) is 5.56 Å². The van der Waals surface area contributed by atoms with E-state index in [1.54, 1.807) is 6.07 Å². The second-order valence-electron chi connectivity index (χ2n) is 9.32. The quantitative estimate of drug-likeness (QED) is 0.290. The number of amides is 1. The Bertz CT molecular complexity index is 1300. The topological polar surface area (TPSA) is 48.1 Å². The number of para-hydroxylation sites is 1. The summed E-state index contributed by atoms with van der Waals surface area (Å²) in [4.78, 5) is 19.1. The predicted octanol–water partition coefficient (Wildman–Crippen LogP) is 6.78. The number of carbonyl (C=O) groups is 1. The molecule has 6 heteroatoms. The van der Waals surface area contributed by atoms with Crippen molar-refractivity contribution in [3.63, 3.8) is 0 Å². The third-order valence-electron chi connectivity index (χ3n) is 6.93. The molecule has 0 saturated carbocycles. The number of hydrogen-bond acceptors (Lipinski definition) is 2. The zero-order chi connectivity index (χ0) is 24.2. The molecule has 1 atom stereocenters. The highest BCUT2D eigenvalue weighted by Gasteiger charge is 2.25. The number of piperidine rings is 1. The fraction of sp³-hybridized carbons (Fsp3) is 0.276. The molecule has 1 aliphatic rings. The predicted molar refractivity (Wildman–Crippen MR) is 144 cm³/mol. The van der Waals surface area contributed by atoms with Crippen LogP contribution in [0, 0.1) is 0 Å². The molecule has 5 rings (SSSR count). The highest BCUT2D eigenvalue weighted by molar-refractivity contribution is 6.42. The Hall–Kier alpha value is -2.79. The normalized spacial score (nSPS) is 15.8. The minimum Gasteiger partial charge on any atom is -0.361 e. The number of benzene rings is 3. The van der Waals surface area contributed by atoms with Crippen molar-refractivity contribution >= 4 is 40.0 Å². The molecule has 1 saturated heterocycles. The van der Waals surface area contributed by atoms with Crippen LogP contribution in [0.5, 0.6) is 0 Å². The Labute approximate surface area is 216 Å². The number of hydrogen-bond donors (Lipinski definition) is 2. The minimum atomic E-state index is -0.126. The van der Waals surface area contributed by atoms with Crippen LogP contribution in [-0.4, -0.2) is 34.9 Å². The second kappa shape index (κ2) is 10.9. The van der Waals surface area contributed by atoms with Crippen molar-refractivity contribution in [2.75, 3.05) is 13.1 Å². The van der Waals surface area contributed by atoms with Crippen molar-refractivity contribution in [2.45, 2.75) is 37.8 Å². The number of carbonyl (C=O) groups excluding carboxylic acids is 1. The van der Waals surface area contributed by atoms with Crippen molar-refractivity contribution in [1.82, 2.24) is 15.2 Å². The van der Waals surface area contributed by atoms with Gasteiger partial charge in [-0.3, -0.25) is 9.69 Å². The van der Waals surface area contributed by atoms with Gasteiger partial charge in [-0.25, -0.2) is 0 Å². The molecule has 1 aromatic heterocycles. The van der Waals surface area contributed by atoms with Gasteiger partial charge in [0.2, 0.25) is 5.91 Å². The largest absolute Gasteiger partial charge is 0.361 e. The van der Waals surface area contributed by atoms with Crippen molar-refractivity contribution in [3.8, 4) is 0 Å². The molecule has 2 heterocycles. The maximum atomic E-state index is 13.3. The third kappa shape index (κ3) is 5.72. The monoisotopic (exact) mass is 505 g/mol. The van der Waals surface area contributed by atoms with Gasteiger partial charge in [0.25, 0.3) is 0 Å². The highest BCUT2D eigenvalue weighted by atomic mass is 35.5. The molecule has 1 aliphatic heterocycles. The van der Waals surface area contributed by atoms with E-state index < -0.39 is 0 Å². The average Bonchev–Trinajstić information content (AvgIpc) is 3.30. The van der Waals surface area contributed by atoms with Crippen LogP contribution in [0.15, 0.2) is 79.0 Å². The number of halogens is 2. The van der Waals surface area contributed by atoms with Crippen LogP contribution in [0.25, 0.3) is 10.9 Å². The van der Waals surface area contributed by atoms with Crippen LogP contribution < -0.4 is 5.32 Å². The lowest BCUT2D eigenvalue weighted by Gasteiger charge is -2.32. The van der Waals surface area contributed by atoms with Gasteiger partial charge in [-0.05, 0) is 47.7 Å². The first-order valence-corrected chi connectivity index (χ1v) is 12.9. The van der Waals surface area contributed by atoms with Crippen LogP contribution >= 0.6 is 23.2 Å². The smallest absolute Gasteiger partial charge is 0.221 e. The summed E-state index contributed by atoms with van der Waals surface area (Å²) < 4.78 is 0. The Morgan fingerprint density at radius 2 is 1.71 bits per heavy atom. The van der Waals surface area contributed by atoms with Crippen molar-refractivity contribution < 1.29 is 4.79 Å². The first-order chi connectivity index (χ1) is 17.1. The van der Waals surface area contributed by atoms with E-state index in [0.29, 0.717) is 16.5 Å². The molecule has 3 aromatic carbocycles. The van der Waals surface area contributed by atoms with E-state index in [0.717, 1.165) is 54.5 Å². The van der Waals surface area contributed by atoms with Gasteiger partial charge < -0.3 is 10.3 Å². The molecule has 0 bridgehead atoms. The maximum absolute atomic E-state index is 13.3. The summed E-state index contributed by atoms with van der Waals surface area (Å²) in [5.74, 6) is -0.0630. The van der Waals surface area contributed by atoms with Gasteiger partial charge in [0, 0.05) is 55.1 Å². The SMILES string of the molecule is O=C(C[C@H](c1ccc(Cl)c(Cl)c1)c1c[nH]c2ccccc12)NC1CCN(Cc2ccccc2)CC1. The van der Waals surface area contributed by atoms with Gasteiger partial charge in [0.15, 0.2) is 0 Å². The molecule has 180 valence electrons. The molecule has 35 heavy (non-hydrogen) atoms. The van der Waals surface area contributed by atoms with E-state index >= 15 is 0 Å². The van der Waals surface area contributed by atoms with Crippen molar-refractivity contribution in [2.24, 2.45) is 0 Å². The average molecular weight is 506 g/mol. The molecule has 0 unspecified atom stereocenters. The Balaban J connectivity index is 1.27. The van der Waals surface area contributed by atoms with E-state index in [4.69, 9.17) is 23.2 Å². The zero-order valence-corrected chi connectivity index (χ0v) is 21.0. The summed E-state index contributed by atoms with van der Waals surface area (Å²) in [5, 5.41) is 5.43. The second-order valence-corrected chi connectivity index (χ2v) is 10.1. The number of rotatable bonds is 7. The van der Waals surface area contributed by atoms with Crippen LogP contribution in [0.3, 0.4) is 0 Å². The van der Waals surface area contributed by atoms with Gasteiger partial charge in [0.1, 0.15) is 0 Å². The summed E-state index contributed by atoms with van der Waals surface area (Å²) in [5.41, 5.74) is 4.46. The summed E-state index contributed by atoms with van der Waals surface area (Å²) >= 11 is 12.5. The minimum absolute atomic E-state index is 0.0628. The number of aromatic nitrogens is 1. The summed E-state index contributed by atoms with van der Waals surface area (Å²) in [6, 6.07) is 24.6. The van der Waals surface area contributed by atoms with Crippen LogP contribution in [-0.2, 0) is 11.3 Å². The molecule has 0 spiro atoms. The number of aromatic amines is 1. The number of likely N-dealkylation sites (tertiary alicyclic amines) is 1. The Morgan fingerprint density at radius 3 is 2.49 bits per heavy atom. The summed E-state index contributed by atoms with van der Waals surface area (Å²) in [6.45, 7) is 2.93. The van der Waals surface area contributed by atoms with E-state index in [-0.39, 0.29) is 17.9 Å². The van der Waals surface area contributed by atoms with Crippen molar-refractivity contribution in [1.29, 1.82) is 0 Å². The lowest BCUT2D eigenvalue weighted by Crippen LogP contribution is -2.44. The molecule has 0 radical (unpaired) electrons. The zero-order valence-electron chi connectivity index (χ0n) is 19.5.